The zero-order valence-electron chi connectivity index (χ0n) is 14.8. The molecule has 0 aromatic carbocycles. The summed E-state index contributed by atoms with van der Waals surface area (Å²) in [5.41, 5.74) is 3.25. The minimum absolute atomic E-state index is 0.0508. The molecule has 1 saturated heterocycles. The van der Waals surface area contributed by atoms with E-state index in [0.29, 0.717) is 0 Å². The van der Waals surface area contributed by atoms with Crippen molar-refractivity contribution in [2.45, 2.75) is 31.0 Å². The van der Waals surface area contributed by atoms with Gasteiger partial charge in [-0.25, -0.2) is 23.1 Å². The van der Waals surface area contributed by atoms with E-state index in [1.54, 1.807) is 0 Å². The lowest BCUT2D eigenvalue weighted by Crippen LogP contribution is -2.42. The summed E-state index contributed by atoms with van der Waals surface area (Å²) in [5, 5.41) is 10.4. The highest BCUT2D eigenvalue weighted by Gasteiger charge is 2.55. The molecule has 3 unspecified atom stereocenters. The number of halogens is 1. The Hall–Kier alpha value is -0.640. The zero-order valence-corrected chi connectivity index (χ0v) is 18.3. The Kier molecular flexibility index (Phi) is 7.44. The van der Waals surface area contributed by atoms with Crippen LogP contribution < -0.4 is 5.73 Å². The Bertz CT molecular complexity index is 1000. The number of anilines is 1. The number of hydrogen-bond donors (Lipinski definition) is 6. The predicted octanol–water partition coefficient (Wildman–Crippen LogP) is 0.525. The first-order chi connectivity index (χ1) is 13.4. The standard InChI is InChI=1S/C10H17FN3O12P3S/c1-10(15)7(11)5(24-8(10)14-3-2-6(12)13-9(14)30)4-23-28(19,20)26-29(21,22)25-27(16,17)18/h2-3,5,7-8,15H,4H2,1H3,(H,19,20)(H,21,22)(H2,12,13,30)(H2,16,17,18)/t5-,7+,8-,10?/m1/s1. The molecular weight excluding hydrogens is 498 g/mol. The topological polar surface area (TPSA) is 233 Å². The molecule has 0 aliphatic carbocycles. The highest BCUT2D eigenvalue weighted by Crippen LogP contribution is 2.66. The molecule has 2 rings (SSSR count). The van der Waals surface area contributed by atoms with Crippen LogP contribution >= 0.6 is 35.7 Å². The first-order valence-electron chi connectivity index (χ1n) is 7.58. The highest BCUT2D eigenvalue weighted by atomic mass is 32.1. The SMILES string of the molecule is CC1(O)[C@@H](F)[C@@H](COP(=O)(O)OP(=O)(O)OP(=O)(O)O)O[C@H]1n1ccc(N)nc1=S. The van der Waals surface area contributed by atoms with E-state index in [2.05, 4.69) is 18.1 Å². The Labute approximate surface area is 172 Å². The van der Waals surface area contributed by atoms with Gasteiger partial charge in [-0.1, -0.05) is 0 Å². The zero-order chi connectivity index (χ0) is 23.1. The molecule has 6 atom stereocenters. The molecule has 7 N–H and O–H groups in total. The van der Waals surface area contributed by atoms with Crippen molar-refractivity contribution in [3.63, 3.8) is 0 Å². The molecule has 0 radical (unpaired) electrons. The summed E-state index contributed by atoms with van der Waals surface area (Å²) in [5.74, 6) is 0.0508. The summed E-state index contributed by atoms with van der Waals surface area (Å²) < 4.78 is 65.9. The molecule has 0 saturated carbocycles. The fraction of sp³-hybridized carbons (Fsp3) is 0.600. The Morgan fingerprint density at radius 1 is 1.30 bits per heavy atom. The molecule has 15 nitrogen and oxygen atoms in total. The van der Waals surface area contributed by atoms with E-state index < -0.39 is 54.2 Å². The Balaban J connectivity index is 2.12. The first kappa shape index (κ1) is 25.6. The van der Waals surface area contributed by atoms with Gasteiger partial charge in [-0.15, -0.1) is 0 Å². The van der Waals surface area contributed by atoms with Crippen molar-refractivity contribution >= 4 is 41.5 Å². The van der Waals surface area contributed by atoms with Crippen LogP contribution in [0.25, 0.3) is 0 Å². The lowest BCUT2D eigenvalue weighted by Gasteiger charge is -2.27. The first-order valence-corrected chi connectivity index (χ1v) is 12.5. The van der Waals surface area contributed by atoms with Gasteiger partial charge >= 0.3 is 23.5 Å². The normalized spacial score (nSPS) is 31.2. The minimum Gasteiger partial charge on any atom is -0.384 e. The monoisotopic (exact) mass is 515 g/mol. The van der Waals surface area contributed by atoms with Crippen molar-refractivity contribution in [2.75, 3.05) is 12.3 Å². The molecule has 1 fully saturated rings. The molecule has 2 heterocycles. The number of hydrogen-bond acceptors (Lipinski definition) is 11. The smallest absolute Gasteiger partial charge is 0.384 e. The number of alkyl halides is 1. The van der Waals surface area contributed by atoms with Gasteiger partial charge in [0, 0.05) is 6.20 Å². The van der Waals surface area contributed by atoms with Crippen LogP contribution in [0.15, 0.2) is 12.3 Å². The van der Waals surface area contributed by atoms with E-state index in [9.17, 15) is 28.1 Å². The van der Waals surface area contributed by atoms with Crippen LogP contribution in [-0.4, -0.2) is 58.7 Å². The van der Waals surface area contributed by atoms with Crippen molar-refractivity contribution in [3.05, 3.63) is 17.0 Å². The molecule has 1 aromatic rings. The third-order valence-electron chi connectivity index (χ3n) is 3.61. The van der Waals surface area contributed by atoms with Crippen molar-refractivity contribution in [1.29, 1.82) is 0 Å². The fourth-order valence-corrected chi connectivity index (χ4v) is 5.72. The van der Waals surface area contributed by atoms with Gasteiger partial charge in [0.2, 0.25) is 4.77 Å². The largest absolute Gasteiger partial charge is 0.490 e. The molecular formula is C10H17FN3O12P3S. The maximum Gasteiger partial charge on any atom is 0.490 e. The van der Waals surface area contributed by atoms with Crippen molar-refractivity contribution < 1.29 is 60.6 Å². The predicted molar refractivity (Wildman–Crippen MR) is 96.7 cm³/mol. The van der Waals surface area contributed by atoms with Gasteiger partial charge in [0.1, 0.15) is 17.5 Å². The molecule has 0 spiro atoms. The third kappa shape index (κ3) is 6.43. The van der Waals surface area contributed by atoms with Gasteiger partial charge in [0.05, 0.1) is 6.61 Å². The van der Waals surface area contributed by atoms with Crippen molar-refractivity contribution in [2.24, 2.45) is 0 Å². The van der Waals surface area contributed by atoms with Gasteiger partial charge in [0.15, 0.2) is 12.4 Å². The van der Waals surface area contributed by atoms with Crippen LogP contribution in [0.1, 0.15) is 13.2 Å². The average Bonchev–Trinajstić information content (AvgIpc) is 2.73. The summed E-state index contributed by atoms with van der Waals surface area (Å²) in [6, 6.07) is 1.29. The molecule has 0 amide bonds. The Morgan fingerprint density at radius 2 is 1.90 bits per heavy atom. The molecule has 20 heteroatoms. The van der Waals surface area contributed by atoms with Crippen LogP contribution in [0.5, 0.6) is 0 Å². The molecule has 172 valence electrons. The molecule has 0 bridgehead atoms. The second-order valence-electron chi connectivity index (χ2n) is 6.08. The third-order valence-corrected chi connectivity index (χ3v) is 7.72. The molecule has 1 aliphatic rings. The van der Waals surface area contributed by atoms with Gasteiger partial charge < -0.3 is 35.2 Å². The maximum absolute atomic E-state index is 14.7. The average molecular weight is 515 g/mol. The lowest BCUT2D eigenvalue weighted by molar-refractivity contribution is -0.0919. The fourth-order valence-electron chi connectivity index (χ4n) is 2.43. The number of nitrogens with two attached hydrogens (primary N) is 1. The van der Waals surface area contributed by atoms with Crippen LogP contribution in [0.4, 0.5) is 10.2 Å². The lowest BCUT2D eigenvalue weighted by atomic mass is 9.98. The molecule has 30 heavy (non-hydrogen) atoms. The van der Waals surface area contributed by atoms with Crippen molar-refractivity contribution in [3.8, 4) is 0 Å². The molecule has 1 aromatic heterocycles. The van der Waals surface area contributed by atoms with Crippen LogP contribution in [0, 0.1) is 4.77 Å². The van der Waals surface area contributed by atoms with Gasteiger partial charge in [-0.05, 0) is 25.2 Å². The van der Waals surface area contributed by atoms with Gasteiger partial charge in [0.25, 0.3) is 0 Å². The number of aromatic nitrogens is 2. The minimum atomic E-state index is -5.73. The second kappa shape index (κ2) is 8.71. The van der Waals surface area contributed by atoms with Gasteiger partial charge in [-0.3, -0.25) is 9.09 Å². The summed E-state index contributed by atoms with van der Waals surface area (Å²) in [4.78, 5) is 39.2. The van der Waals surface area contributed by atoms with E-state index in [0.717, 1.165) is 11.5 Å². The number of phosphoric ester groups is 1. The van der Waals surface area contributed by atoms with Gasteiger partial charge in [-0.2, -0.15) is 8.62 Å². The quantitative estimate of drug-likeness (QED) is 0.205. The van der Waals surface area contributed by atoms with Crippen LogP contribution in [0.2, 0.25) is 0 Å². The van der Waals surface area contributed by atoms with Crippen molar-refractivity contribution in [1.82, 2.24) is 9.55 Å². The number of nitrogens with zero attached hydrogens (tertiary/aromatic N) is 2. The van der Waals surface area contributed by atoms with Crippen LogP contribution in [0.3, 0.4) is 0 Å². The summed E-state index contributed by atoms with van der Waals surface area (Å²) in [6.07, 6.45) is -4.10. The number of phosphoric acid groups is 3. The number of nitrogen functional groups attached to an aromatic ring is 1. The number of aliphatic hydroxyl groups is 1. The van der Waals surface area contributed by atoms with E-state index >= 15 is 0 Å². The van der Waals surface area contributed by atoms with E-state index in [1.165, 1.54) is 12.3 Å². The second-order valence-corrected chi connectivity index (χ2v) is 10.9. The summed E-state index contributed by atoms with van der Waals surface area (Å²) >= 11 is 4.97. The number of rotatable bonds is 8. The summed E-state index contributed by atoms with van der Waals surface area (Å²) in [7, 11) is -16.8. The maximum atomic E-state index is 14.7. The van der Waals surface area contributed by atoms with E-state index in [-0.39, 0.29) is 10.6 Å². The molecule has 1 aliphatic heterocycles. The summed E-state index contributed by atoms with van der Waals surface area (Å²) in [6.45, 7) is -0.0431. The van der Waals surface area contributed by atoms with E-state index in [1.807, 2.05) is 0 Å². The Morgan fingerprint density at radius 3 is 2.43 bits per heavy atom. The van der Waals surface area contributed by atoms with E-state index in [4.69, 9.17) is 37.4 Å². The highest BCUT2D eigenvalue weighted by molar-refractivity contribution is 7.71. The van der Waals surface area contributed by atoms with Crippen LogP contribution in [-0.2, 0) is 31.6 Å². The number of ether oxygens (including phenoxy) is 1.